The third-order valence-corrected chi connectivity index (χ3v) is 2.08. The highest BCUT2D eigenvalue weighted by atomic mass is 16.5. The molecule has 7 heteroatoms. The lowest BCUT2D eigenvalue weighted by atomic mass is 10.2. The van der Waals surface area contributed by atoms with Crippen LogP contribution in [0.4, 0.5) is 4.79 Å². The molecule has 0 spiro atoms. The van der Waals surface area contributed by atoms with Gasteiger partial charge in [-0.1, -0.05) is 0 Å². The van der Waals surface area contributed by atoms with Crippen LogP contribution in [0.15, 0.2) is 12.4 Å². The zero-order chi connectivity index (χ0) is 12.1. The number of carboxylic acids is 1. The molecule has 2 N–H and O–H groups in total. The fourth-order valence-corrected chi connectivity index (χ4v) is 1.18. The van der Waals surface area contributed by atoms with E-state index in [0.717, 1.165) is 0 Å². The van der Waals surface area contributed by atoms with Crippen LogP contribution in [0.1, 0.15) is 5.82 Å². The Balaban J connectivity index is 2.69. The molecule has 16 heavy (non-hydrogen) atoms. The van der Waals surface area contributed by atoms with Gasteiger partial charge in [-0.3, -0.25) is 0 Å². The molecule has 0 aliphatic heterocycles. The van der Waals surface area contributed by atoms with Crippen LogP contribution in [0.25, 0.3) is 0 Å². The van der Waals surface area contributed by atoms with Crippen LogP contribution in [-0.2, 0) is 23.0 Å². The Morgan fingerprint density at radius 1 is 1.69 bits per heavy atom. The molecule has 1 aromatic heterocycles. The molecule has 0 aliphatic rings. The Hall–Kier alpha value is -2.05. The predicted molar refractivity (Wildman–Crippen MR) is 53.9 cm³/mol. The summed E-state index contributed by atoms with van der Waals surface area (Å²) in [5.74, 6) is -0.558. The molecule has 88 valence electrons. The average Bonchev–Trinajstić information content (AvgIpc) is 2.63. The Bertz CT molecular complexity index is 388. The largest absolute Gasteiger partial charge is 0.480 e. The summed E-state index contributed by atoms with van der Waals surface area (Å²) in [6, 6.07) is -1.05. The molecule has 0 aromatic carbocycles. The van der Waals surface area contributed by atoms with Gasteiger partial charge in [0.1, 0.15) is 11.9 Å². The highest BCUT2D eigenvalue weighted by Crippen LogP contribution is 2.00. The van der Waals surface area contributed by atoms with E-state index >= 15 is 0 Å². The topological polar surface area (TPSA) is 93.5 Å². The van der Waals surface area contributed by atoms with Gasteiger partial charge in [-0.2, -0.15) is 0 Å². The van der Waals surface area contributed by atoms with E-state index in [9.17, 15) is 9.59 Å². The molecule has 0 aliphatic carbocycles. The van der Waals surface area contributed by atoms with Crippen LogP contribution in [0.3, 0.4) is 0 Å². The molecule has 0 saturated heterocycles. The number of nitrogens with zero attached hydrogens (tertiary/aromatic N) is 2. The molecular formula is C9H13N3O4. The summed E-state index contributed by atoms with van der Waals surface area (Å²) in [6.07, 6.45) is 2.59. The number of aliphatic carboxylic acids is 1. The number of imidazole rings is 1. The van der Waals surface area contributed by atoms with Gasteiger partial charge in [-0.15, -0.1) is 0 Å². The molecule has 1 rings (SSSR count). The van der Waals surface area contributed by atoms with Crippen molar-refractivity contribution in [1.82, 2.24) is 14.9 Å². The van der Waals surface area contributed by atoms with Gasteiger partial charge in [-0.05, 0) is 0 Å². The molecule has 0 bridgehead atoms. The number of carboxylic acid groups (broad SMARTS) is 1. The molecule has 1 heterocycles. The van der Waals surface area contributed by atoms with Crippen LogP contribution in [-0.4, -0.2) is 39.9 Å². The monoisotopic (exact) mass is 227 g/mol. The van der Waals surface area contributed by atoms with Crippen molar-refractivity contribution in [3.63, 3.8) is 0 Å². The van der Waals surface area contributed by atoms with Crippen molar-refractivity contribution in [1.29, 1.82) is 0 Å². The Morgan fingerprint density at radius 2 is 2.38 bits per heavy atom. The predicted octanol–water partition coefficient (Wildman–Crippen LogP) is -0.228. The highest BCUT2D eigenvalue weighted by Gasteiger charge is 2.22. The van der Waals surface area contributed by atoms with Gasteiger partial charge in [0.2, 0.25) is 0 Å². The maximum atomic E-state index is 10.9. The van der Waals surface area contributed by atoms with E-state index in [0.29, 0.717) is 5.82 Å². The first-order chi connectivity index (χ1) is 7.54. The number of nitrogens with one attached hydrogen (secondary N) is 1. The Morgan fingerprint density at radius 3 is 2.81 bits per heavy atom. The summed E-state index contributed by atoms with van der Waals surface area (Å²) >= 11 is 0. The second-order valence-electron chi connectivity index (χ2n) is 3.19. The van der Waals surface area contributed by atoms with Gasteiger partial charge in [-0.25, -0.2) is 14.6 Å². The van der Waals surface area contributed by atoms with E-state index < -0.39 is 18.1 Å². The van der Waals surface area contributed by atoms with E-state index in [-0.39, 0.29) is 6.42 Å². The van der Waals surface area contributed by atoms with Gasteiger partial charge >= 0.3 is 12.1 Å². The van der Waals surface area contributed by atoms with Gasteiger partial charge in [0.05, 0.1) is 7.11 Å². The smallest absolute Gasteiger partial charge is 0.407 e. The lowest BCUT2D eigenvalue weighted by Gasteiger charge is -2.13. The number of amides is 1. The van der Waals surface area contributed by atoms with Crippen molar-refractivity contribution in [2.75, 3.05) is 7.11 Å². The summed E-state index contributed by atoms with van der Waals surface area (Å²) < 4.78 is 6.03. The molecule has 1 amide bonds. The average molecular weight is 227 g/mol. The van der Waals surface area contributed by atoms with Crippen LogP contribution < -0.4 is 5.32 Å². The number of aromatic nitrogens is 2. The summed E-state index contributed by atoms with van der Waals surface area (Å²) in [5.41, 5.74) is 0. The number of ether oxygens (including phenoxy) is 1. The van der Waals surface area contributed by atoms with Gasteiger partial charge < -0.3 is 19.7 Å². The van der Waals surface area contributed by atoms with Crippen LogP contribution in [0.5, 0.6) is 0 Å². The van der Waals surface area contributed by atoms with Crippen molar-refractivity contribution < 1.29 is 19.4 Å². The van der Waals surface area contributed by atoms with Crippen molar-refractivity contribution >= 4 is 12.1 Å². The first kappa shape index (κ1) is 12.0. The number of carbonyl (C=O) groups is 2. The van der Waals surface area contributed by atoms with Crippen molar-refractivity contribution in [3.8, 4) is 0 Å². The highest BCUT2D eigenvalue weighted by molar-refractivity contribution is 5.80. The Kier molecular flexibility index (Phi) is 3.87. The molecular weight excluding hydrogens is 214 g/mol. The van der Waals surface area contributed by atoms with E-state index in [2.05, 4.69) is 15.0 Å². The molecule has 0 fully saturated rings. The molecule has 0 radical (unpaired) electrons. The first-order valence-corrected chi connectivity index (χ1v) is 4.58. The number of hydrogen-bond donors (Lipinski definition) is 2. The summed E-state index contributed by atoms with van der Waals surface area (Å²) in [4.78, 5) is 25.8. The number of carbonyl (C=O) groups excluding carboxylic acids is 1. The maximum Gasteiger partial charge on any atom is 0.407 e. The van der Waals surface area contributed by atoms with E-state index in [4.69, 9.17) is 5.11 Å². The standard InChI is InChI=1S/C9H13N3O4/c1-12-4-3-10-7(12)5-6(8(13)14)11-9(15)16-2/h3-4,6H,5H2,1-2H3,(H,11,15)(H,13,14)/t6-/m0/s1. The lowest BCUT2D eigenvalue weighted by Crippen LogP contribution is -2.42. The maximum absolute atomic E-state index is 10.9. The number of methoxy groups -OCH3 is 1. The third kappa shape index (κ3) is 2.97. The van der Waals surface area contributed by atoms with E-state index in [1.807, 2.05) is 0 Å². The summed E-state index contributed by atoms with van der Waals surface area (Å²) in [7, 11) is 2.92. The van der Waals surface area contributed by atoms with Crippen LogP contribution >= 0.6 is 0 Å². The number of hydrogen-bond acceptors (Lipinski definition) is 4. The normalized spacial score (nSPS) is 11.9. The second-order valence-corrected chi connectivity index (χ2v) is 3.19. The quantitative estimate of drug-likeness (QED) is 0.741. The van der Waals surface area contributed by atoms with E-state index in [1.54, 1.807) is 24.0 Å². The molecule has 1 aromatic rings. The van der Waals surface area contributed by atoms with Gasteiger partial charge in [0, 0.05) is 25.9 Å². The molecule has 7 nitrogen and oxygen atoms in total. The minimum absolute atomic E-state index is 0.105. The summed E-state index contributed by atoms with van der Waals surface area (Å²) in [6.45, 7) is 0. The molecule has 0 unspecified atom stereocenters. The van der Waals surface area contributed by atoms with Gasteiger partial charge in [0.25, 0.3) is 0 Å². The number of aryl methyl sites for hydroxylation is 1. The number of rotatable bonds is 4. The zero-order valence-electron chi connectivity index (χ0n) is 9.01. The minimum Gasteiger partial charge on any atom is -0.480 e. The SMILES string of the molecule is COC(=O)N[C@@H](Cc1nccn1C)C(=O)O. The summed E-state index contributed by atoms with van der Waals surface area (Å²) in [5, 5.41) is 11.1. The fraction of sp³-hybridized carbons (Fsp3) is 0.444. The van der Waals surface area contributed by atoms with Crippen LogP contribution in [0.2, 0.25) is 0 Å². The third-order valence-electron chi connectivity index (χ3n) is 2.08. The van der Waals surface area contributed by atoms with Gasteiger partial charge in [0.15, 0.2) is 0 Å². The van der Waals surface area contributed by atoms with Crippen LogP contribution in [0, 0.1) is 0 Å². The Labute approximate surface area is 92.0 Å². The minimum atomic E-state index is -1.13. The van der Waals surface area contributed by atoms with Crippen molar-refractivity contribution in [2.45, 2.75) is 12.5 Å². The fourth-order valence-electron chi connectivity index (χ4n) is 1.18. The lowest BCUT2D eigenvalue weighted by molar-refractivity contribution is -0.139. The first-order valence-electron chi connectivity index (χ1n) is 4.58. The molecule has 1 atom stereocenters. The zero-order valence-corrected chi connectivity index (χ0v) is 9.01. The second kappa shape index (κ2) is 5.15. The van der Waals surface area contributed by atoms with Crippen molar-refractivity contribution in [2.24, 2.45) is 7.05 Å². The van der Waals surface area contributed by atoms with E-state index in [1.165, 1.54) is 7.11 Å². The van der Waals surface area contributed by atoms with Crippen molar-refractivity contribution in [3.05, 3.63) is 18.2 Å². The number of alkyl carbamates (subject to hydrolysis) is 1. The molecule has 0 saturated carbocycles.